The fraction of sp³-hybridized carbons (Fsp3) is 0.867. The first-order valence-corrected chi connectivity index (χ1v) is 9.44. The van der Waals surface area contributed by atoms with Gasteiger partial charge >= 0.3 is 0 Å². The number of hydrogen-bond acceptors (Lipinski definition) is 4. The lowest BCUT2D eigenvalue weighted by Gasteiger charge is -2.36. The molecule has 0 amide bonds. The highest BCUT2D eigenvalue weighted by atomic mass is 32.2. The Kier molecular flexibility index (Phi) is 4.92. The van der Waals surface area contributed by atoms with Crippen LogP contribution in [0.3, 0.4) is 0 Å². The van der Waals surface area contributed by atoms with Gasteiger partial charge in [0.05, 0.1) is 11.5 Å². The Balaban J connectivity index is 1.79. The van der Waals surface area contributed by atoms with Crippen molar-refractivity contribution in [2.24, 2.45) is 0 Å². The van der Waals surface area contributed by atoms with Gasteiger partial charge in [-0.2, -0.15) is 0 Å². The van der Waals surface area contributed by atoms with Crippen molar-refractivity contribution in [3.8, 4) is 0 Å². The highest BCUT2D eigenvalue weighted by molar-refractivity contribution is 7.91. The van der Waals surface area contributed by atoms with E-state index >= 15 is 0 Å². The summed E-state index contributed by atoms with van der Waals surface area (Å²) >= 11 is 0. The van der Waals surface area contributed by atoms with Crippen molar-refractivity contribution in [1.29, 1.82) is 0 Å². The normalized spacial score (nSPS) is 31.4. The van der Waals surface area contributed by atoms with Gasteiger partial charge in [0, 0.05) is 18.1 Å². The molecule has 0 bridgehead atoms. The van der Waals surface area contributed by atoms with E-state index < -0.39 is 9.84 Å². The van der Waals surface area contributed by atoms with Crippen LogP contribution in [0.2, 0.25) is 0 Å². The van der Waals surface area contributed by atoms with Gasteiger partial charge in [0.15, 0.2) is 9.84 Å². The van der Waals surface area contributed by atoms with Crippen molar-refractivity contribution in [2.75, 3.05) is 31.1 Å². The van der Waals surface area contributed by atoms with Crippen LogP contribution in [-0.2, 0) is 9.84 Å². The van der Waals surface area contributed by atoms with E-state index in [1.54, 1.807) is 0 Å². The molecule has 0 radical (unpaired) electrons. The van der Waals surface area contributed by atoms with Crippen LogP contribution in [0.4, 0.5) is 0 Å². The molecular formula is C15H28N2O2S. The van der Waals surface area contributed by atoms with Crippen LogP contribution in [0, 0.1) is 0 Å². The van der Waals surface area contributed by atoms with E-state index in [1.807, 2.05) is 0 Å². The van der Waals surface area contributed by atoms with Gasteiger partial charge in [0.2, 0.25) is 0 Å². The number of piperidine rings is 1. The Bertz CT molecular complexity index is 460. The maximum Gasteiger partial charge on any atom is 0.152 e. The summed E-state index contributed by atoms with van der Waals surface area (Å²) in [7, 11) is -2.81. The molecule has 1 unspecified atom stereocenters. The average molecular weight is 300 g/mol. The van der Waals surface area contributed by atoms with Crippen molar-refractivity contribution in [2.45, 2.75) is 51.6 Å². The molecule has 2 rings (SSSR count). The Labute approximate surface area is 123 Å². The van der Waals surface area contributed by atoms with E-state index in [0.717, 1.165) is 38.9 Å². The topological polar surface area (TPSA) is 49.4 Å². The number of sulfone groups is 1. The number of nitrogens with zero attached hydrogens (tertiary/aromatic N) is 1. The molecule has 5 heteroatoms. The molecule has 2 fully saturated rings. The molecule has 0 aromatic rings. The summed E-state index contributed by atoms with van der Waals surface area (Å²) in [5.74, 6) is 0.647. The quantitative estimate of drug-likeness (QED) is 0.801. The maximum absolute atomic E-state index is 11.6. The third kappa shape index (κ3) is 4.57. The third-order valence-electron chi connectivity index (χ3n) is 4.40. The predicted molar refractivity (Wildman–Crippen MR) is 83.7 cm³/mol. The Morgan fingerprint density at radius 2 is 2.00 bits per heavy atom. The molecule has 1 atom stereocenters. The lowest BCUT2D eigenvalue weighted by atomic mass is 9.96. The van der Waals surface area contributed by atoms with Crippen molar-refractivity contribution in [3.63, 3.8) is 0 Å². The molecule has 2 heterocycles. The predicted octanol–water partition coefficient (Wildman–Crippen LogP) is 1.58. The Hall–Kier alpha value is -0.390. The van der Waals surface area contributed by atoms with Gasteiger partial charge in [-0.25, -0.2) is 8.42 Å². The standard InChI is InChI=1S/C15H28N2O2S/c1-13(2)4-8-17-9-5-14(6-10-17)16-15(3)7-11-20(18,19)12-15/h4,14,16H,5-12H2,1-3H3. The third-order valence-corrected chi connectivity index (χ3v) is 6.30. The molecule has 2 saturated heterocycles. The molecule has 0 aromatic carbocycles. The van der Waals surface area contributed by atoms with Gasteiger partial charge in [-0.05, 0) is 53.1 Å². The first-order chi connectivity index (χ1) is 9.28. The van der Waals surface area contributed by atoms with Crippen LogP contribution in [0.5, 0.6) is 0 Å². The summed E-state index contributed by atoms with van der Waals surface area (Å²) in [5, 5.41) is 3.61. The highest BCUT2D eigenvalue weighted by Crippen LogP contribution is 2.25. The SMILES string of the molecule is CC(C)=CCN1CCC(NC2(C)CCS(=O)(=O)C2)CC1. The van der Waals surface area contributed by atoms with Crippen LogP contribution in [0.25, 0.3) is 0 Å². The highest BCUT2D eigenvalue weighted by Gasteiger charge is 2.39. The Morgan fingerprint density at radius 1 is 1.35 bits per heavy atom. The summed E-state index contributed by atoms with van der Waals surface area (Å²) in [6, 6.07) is 0.469. The van der Waals surface area contributed by atoms with Gasteiger partial charge < -0.3 is 5.32 Å². The summed E-state index contributed by atoms with van der Waals surface area (Å²) in [4.78, 5) is 2.47. The molecule has 0 saturated carbocycles. The van der Waals surface area contributed by atoms with Crippen molar-refractivity contribution in [1.82, 2.24) is 10.2 Å². The summed E-state index contributed by atoms with van der Waals surface area (Å²) in [6.07, 6.45) is 5.27. The molecule has 1 N–H and O–H groups in total. The lowest BCUT2D eigenvalue weighted by molar-refractivity contribution is 0.192. The molecular weight excluding hydrogens is 272 g/mol. The van der Waals surface area contributed by atoms with E-state index in [-0.39, 0.29) is 5.54 Å². The van der Waals surface area contributed by atoms with E-state index in [0.29, 0.717) is 17.5 Å². The van der Waals surface area contributed by atoms with Crippen molar-refractivity contribution < 1.29 is 8.42 Å². The van der Waals surface area contributed by atoms with Crippen LogP contribution < -0.4 is 5.32 Å². The second-order valence-electron chi connectivity index (χ2n) is 6.90. The summed E-state index contributed by atoms with van der Waals surface area (Å²) in [5.41, 5.74) is 1.17. The lowest BCUT2D eigenvalue weighted by Crippen LogP contribution is -2.52. The number of allylic oxidation sites excluding steroid dienone is 1. The maximum atomic E-state index is 11.6. The van der Waals surface area contributed by atoms with Crippen LogP contribution in [0.15, 0.2) is 11.6 Å². The van der Waals surface area contributed by atoms with E-state index in [4.69, 9.17) is 0 Å². The zero-order valence-corrected chi connectivity index (χ0v) is 13.8. The number of nitrogens with one attached hydrogen (secondary N) is 1. The molecule has 116 valence electrons. The van der Waals surface area contributed by atoms with Crippen LogP contribution in [0.1, 0.15) is 40.0 Å². The number of hydrogen-bond donors (Lipinski definition) is 1. The first kappa shape index (κ1) is 16.0. The fourth-order valence-corrected chi connectivity index (χ4v) is 5.29. The average Bonchev–Trinajstić information content (AvgIpc) is 2.62. The minimum Gasteiger partial charge on any atom is -0.308 e. The molecule has 2 aliphatic heterocycles. The molecule has 0 spiro atoms. The smallest absolute Gasteiger partial charge is 0.152 e. The first-order valence-electron chi connectivity index (χ1n) is 7.62. The van der Waals surface area contributed by atoms with Gasteiger partial charge in [0.25, 0.3) is 0 Å². The largest absolute Gasteiger partial charge is 0.308 e. The Morgan fingerprint density at radius 3 is 2.50 bits per heavy atom. The molecule has 4 nitrogen and oxygen atoms in total. The van der Waals surface area contributed by atoms with Crippen LogP contribution in [-0.4, -0.2) is 56.0 Å². The molecule has 20 heavy (non-hydrogen) atoms. The van der Waals surface area contributed by atoms with Gasteiger partial charge in [-0.3, -0.25) is 4.90 Å². The second-order valence-corrected chi connectivity index (χ2v) is 9.09. The van der Waals surface area contributed by atoms with Crippen LogP contribution >= 0.6 is 0 Å². The summed E-state index contributed by atoms with van der Waals surface area (Å²) in [6.45, 7) is 9.58. The molecule has 0 aromatic heterocycles. The monoisotopic (exact) mass is 300 g/mol. The minimum atomic E-state index is -2.81. The van der Waals surface area contributed by atoms with Gasteiger partial charge in [0.1, 0.15) is 0 Å². The number of likely N-dealkylation sites (tertiary alicyclic amines) is 1. The number of rotatable bonds is 4. The van der Waals surface area contributed by atoms with Crippen molar-refractivity contribution >= 4 is 9.84 Å². The zero-order valence-electron chi connectivity index (χ0n) is 13.0. The minimum absolute atomic E-state index is 0.203. The van der Waals surface area contributed by atoms with Gasteiger partial charge in [-0.1, -0.05) is 11.6 Å². The fourth-order valence-electron chi connectivity index (χ4n) is 3.19. The summed E-state index contributed by atoms with van der Waals surface area (Å²) < 4.78 is 23.3. The second kappa shape index (κ2) is 6.16. The van der Waals surface area contributed by atoms with E-state index in [9.17, 15) is 8.42 Å². The zero-order chi connectivity index (χ0) is 14.8. The molecule has 2 aliphatic rings. The molecule has 0 aliphatic carbocycles. The van der Waals surface area contributed by atoms with E-state index in [2.05, 4.69) is 37.1 Å². The van der Waals surface area contributed by atoms with Gasteiger partial charge in [-0.15, -0.1) is 0 Å². The van der Waals surface area contributed by atoms with Crippen molar-refractivity contribution in [3.05, 3.63) is 11.6 Å². The van der Waals surface area contributed by atoms with E-state index in [1.165, 1.54) is 5.57 Å².